The van der Waals surface area contributed by atoms with Gasteiger partial charge >= 0.3 is 5.97 Å². The Morgan fingerprint density at radius 3 is 2.00 bits per heavy atom. The molecule has 0 atom stereocenters. The molecular weight excluding hydrogens is 280 g/mol. The normalized spacial score (nSPS) is 11.3. The van der Waals surface area contributed by atoms with Crippen LogP contribution < -0.4 is 5.19 Å². The predicted octanol–water partition coefficient (Wildman–Crippen LogP) is 3.53. The van der Waals surface area contributed by atoms with E-state index >= 15 is 0 Å². The highest BCUT2D eigenvalue weighted by Gasteiger charge is 2.31. The van der Waals surface area contributed by atoms with Gasteiger partial charge in [-0.25, -0.2) is 0 Å². The van der Waals surface area contributed by atoms with Crippen molar-refractivity contribution in [1.82, 2.24) is 0 Å². The Labute approximate surface area is 128 Å². The van der Waals surface area contributed by atoms with E-state index < -0.39 is 14.0 Å². The van der Waals surface area contributed by atoms with Gasteiger partial charge < -0.3 is 9.90 Å². The first-order chi connectivity index (χ1) is 9.94. The van der Waals surface area contributed by atoms with Gasteiger partial charge in [0, 0.05) is 12.8 Å². The van der Waals surface area contributed by atoms with Crippen molar-refractivity contribution < 1.29 is 14.7 Å². The predicted molar refractivity (Wildman–Crippen MR) is 88.5 cm³/mol. The van der Waals surface area contributed by atoms with Crippen LogP contribution in [0, 0.1) is 0 Å². The summed E-state index contributed by atoms with van der Waals surface area (Å²) < 4.78 is 0. The minimum absolute atomic E-state index is 0.257. The molecule has 4 heteroatoms. The minimum Gasteiger partial charge on any atom is -0.481 e. The van der Waals surface area contributed by atoms with Gasteiger partial charge in [-0.3, -0.25) is 4.79 Å². The van der Waals surface area contributed by atoms with Gasteiger partial charge in [-0.15, -0.1) is 0 Å². The lowest BCUT2D eigenvalue weighted by Crippen LogP contribution is -2.49. The van der Waals surface area contributed by atoms with Gasteiger partial charge in [0.1, 0.15) is 5.41 Å². The van der Waals surface area contributed by atoms with Crippen LogP contribution in [0.5, 0.6) is 0 Å². The molecular formula is C17H26O3Si. The first kappa shape index (κ1) is 17.6. The van der Waals surface area contributed by atoms with Crippen molar-refractivity contribution in [3.8, 4) is 0 Å². The lowest BCUT2D eigenvalue weighted by atomic mass is 10.1. The third kappa shape index (κ3) is 6.25. The number of unbranched alkanes of at least 4 members (excludes halogenated alkanes) is 4. The summed E-state index contributed by atoms with van der Waals surface area (Å²) >= 11 is 0. The van der Waals surface area contributed by atoms with Crippen molar-refractivity contribution in [2.75, 3.05) is 0 Å². The van der Waals surface area contributed by atoms with Crippen molar-refractivity contribution in [2.45, 2.75) is 58.0 Å². The summed E-state index contributed by atoms with van der Waals surface area (Å²) in [5.41, 5.74) is 0. The molecule has 0 aliphatic heterocycles. The van der Waals surface area contributed by atoms with Crippen LogP contribution in [0.4, 0.5) is 0 Å². The van der Waals surface area contributed by atoms with Crippen LogP contribution >= 0.6 is 0 Å². The largest absolute Gasteiger partial charge is 0.481 e. The molecule has 116 valence electrons. The molecule has 0 unspecified atom stereocenters. The smallest absolute Gasteiger partial charge is 0.303 e. The molecule has 1 aromatic carbocycles. The zero-order valence-corrected chi connectivity index (χ0v) is 14.1. The van der Waals surface area contributed by atoms with Crippen molar-refractivity contribution in [3.63, 3.8) is 0 Å². The van der Waals surface area contributed by atoms with Crippen molar-refractivity contribution >= 4 is 24.6 Å². The average molecular weight is 306 g/mol. The molecule has 0 saturated carbocycles. The van der Waals surface area contributed by atoms with E-state index in [1.165, 1.54) is 5.19 Å². The highest BCUT2D eigenvalue weighted by atomic mass is 28.3. The van der Waals surface area contributed by atoms with Gasteiger partial charge in [-0.2, -0.15) is 0 Å². The Hall–Kier alpha value is -1.42. The number of benzene rings is 1. The van der Waals surface area contributed by atoms with Crippen LogP contribution in [0.1, 0.15) is 44.9 Å². The zero-order valence-electron chi connectivity index (χ0n) is 13.1. The molecule has 1 N–H and O–H groups in total. The Kier molecular flexibility index (Phi) is 7.36. The number of hydrogen-bond acceptors (Lipinski definition) is 2. The van der Waals surface area contributed by atoms with E-state index in [4.69, 9.17) is 5.11 Å². The number of rotatable bonds is 10. The van der Waals surface area contributed by atoms with Gasteiger partial charge in [0.15, 0.2) is 8.07 Å². The molecule has 0 aromatic heterocycles. The number of carboxylic acid groups (broad SMARTS) is 1. The number of carboxylic acids is 1. The first-order valence-corrected chi connectivity index (χ1v) is 10.7. The first-order valence-electron chi connectivity index (χ1n) is 7.75. The molecule has 0 aliphatic carbocycles. The second kappa shape index (κ2) is 8.77. The van der Waals surface area contributed by atoms with Crippen molar-refractivity contribution in [1.29, 1.82) is 0 Å². The topological polar surface area (TPSA) is 54.4 Å². The maximum Gasteiger partial charge on any atom is 0.303 e. The zero-order chi connectivity index (χ0) is 15.7. The molecule has 0 amide bonds. The number of aliphatic carboxylic acids is 1. The Balaban J connectivity index is 2.26. The lowest BCUT2D eigenvalue weighted by Gasteiger charge is -2.21. The summed E-state index contributed by atoms with van der Waals surface area (Å²) in [6, 6.07) is 10.1. The summed E-state index contributed by atoms with van der Waals surface area (Å²) in [5, 5.41) is 10.2. The summed E-state index contributed by atoms with van der Waals surface area (Å²) in [7, 11) is -1.99. The highest BCUT2D eigenvalue weighted by Crippen LogP contribution is 2.12. The Bertz CT molecular complexity index is 454. The molecule has 0 heterocycles. The third-order valence-electron chi connectivity index (χ3n) is 3.99. The fourth-order valence-electron chi connectivity index (χ4n) is 2.42. The highest BCUT2D eigenvalue weighted by molar-refractivity contribution is 7.13. The summed E-state index contributed by atoms with van der Waals surface area (Å²) in [6.45, 7) is 4.25. The van der Waals surface area contributed by atoms with Crippen molar-refractivity contribution in [2.24, 2.45) is 0 Å². The van der Waals surface area contributed by atoms with Gasteiger partial charge in [-0.05, 0) is 12.8 Å². The van der Waals surface area contributed by atoms with Crippen LogP contribution in [0.25, 0.3) is 0 Å². The molecule has 0 saturated heterocycles. The van der Waals surface area contributed by atoms with Gasteiger partial charge in [0.25, 0.3) is 0 Å². The van der Waals surface area contributed by atoms with Gasteiger partial charge in [-0.1, -0.05) is 67.9 Å². The van der Waals surface area contributed by atoms with Crippen LogP contribution in [0.3, 0.4) is 0 Å². The standard InChI is InChI=1S/C17H26O3Si/c1-21(2,15-11-7-6-8-12-15)17(20)14-10-5-3-4-9-13-16(18)19/h6-8,11-12H,3-5,9-10,13-14H2,1-2H3,(H,18,19). The van der Waals surface area contributed by atoms with E-state index in [0.29, 0.717) is 11.8 Å². The number of hydrogen-bond donors (Lipinski definition) is 1. The molecule has 1 rings (SSSR count). The maximum atomic E-state index is 12.4. The van der Waals surface area contributed by atoms with E-state index in [1.807, 2.05) is 18.2 Å². The van der Waals surface area contributed by atoms with Crippen LogP contribution in [0.15, 0.2) is 30.3 Å². The van der Waals surface area contributed by atoms with Crippen LogP contribution in [-0.4, -0.2) is 24.6 Å². The molecule has 0 radical (unpaired) electrons. The fraction of sp³-hybridized carbons (Fsp3) is 0.529. The van der Waals surface area contributed by atoms with E-state index in [1.54, 1.807) is 0 Å². The summed E-state index contributed by atoms with van der Waals surface area (Å²) in [6.07, 6.45) is 5.57. The SMILES string of the molecule is C[Si](C)(C(=O)CCCCCCCC(=O)O)c1ccccc1. The molecule has 0 fully saturated rings. The molecule has 1 aromatic rings. The van der Waals surface area contributed by atoms with E-state index in [2.05, 4.69) is 25.2 Å². The number of carbonyl (C=O) groups excluding carboxylic acids is 1. The Morgan fingerprint density at radius 2 is 1.43 bits per heavy atom. The van der Waals surface area contributed by atoms with Crippen molar-refractivity contribution in [3.05, 3.63) is 30.3 Å². The van der Waals surface area contributed by atoms with E-state index in [-0.39, 0.29) is 6.42 Å². The molecule has 0 bridgehead atoms. The second-order valence-corrected chi connectivity index (χ2v) is 10.5. The molecule has 0 aliphatic rings. The third-order valence-corrected chi connectivity index (χ3v) is 7.41. The minimum atomic E-state index is -1.99. The fourth-order valence-corrected chi connectivity index (χ4v) is 4.57. The summed E-state index contributed by atoms with van der Waals surface area (Å²) in [4.78, 5) is 22.8. The maximum absolute atomic E-state index is 12.4. The summed E-state index contributed by atoms with van der Waals surface area (Å²) in [5.74, 6) is -0.721. The molecule has 21 heavy (non-hydrogen) atoms. The Morgan fingerprint density at radius 1 is 0.905 bits per heavy atom. The lowest BCUT2D eigenvalue weighted by molar-refractivity contribution is -0.137. The monoisotopic (exact) mass is 306 g/mol. The van der Waals surface area contributed by atoms with Crippen LogP contribution in [-0.2, 0) is 9.59 Å². The van der Waals surface area contributed by atoms with Gasteiger partial charge in [0.05, 0.1) is 0 Å². The van der Waals surface area contributed by atoms with E-state index in [9.17, 15) is 9.59 Å². The van der Waals surface area contributed by atoms with E-state index in [0.717, 1.165) is 32.1 Å². The molecule has 3 nitrogen and oxygen atoms in total. The molecule has 0 spiro atoms. The van der Waals surface area contributed by atoms with Crippen LogP contribution in [0.2, 0.25) is 13.1 Å². The van der Waals surface area contributed by atoms with Gasteiger partial charge in [0.2, 0.25) is 0 Å². The second-order valence-electron chi connectivity index (χ2n) is 6.08. The number of carbonyl (C=O) groups is 2. The quantitative estimate of drug-likeness (QED) is 0.531. The average Bonchev–Trinajstić information content (AvgIpc) is 2.46.